The molecule has 86 valence electrons. The molecule has 1 aliphatic rings. The van der Waals surface area contributed by atoms with Crippen LogP contribution in [0.2, 0.25) is 0 Å². The number of ether oxygens (including phenoxy) is 1. The van der Waals surface area contributed by atoms with Gasteiger partial charge in [-0.15, -0.1) is 0 Å². The van der Waals surface area contributed by atoms with Gasteiger partial charge in [0.1, 0.15) is 0 Å². The third-order valence-electron chi connectivity index (χ3n) is 2.86. The number of hydrogen-bond acceptors (Lipinski definition) is 3. The molecular weight excluding hydrogens is 188 g/mol. The van der Waals surface area contributed by atoms with E-state index < -0.39 is 0 Å². The van der Waals surface area contributed by atoms with E-state index in [4.69, 9.17) is 10.00 Å². The Morgan fingerprint density at radius 1 is 1.40 bits per heavy atom. The number of rotatable bonds is 6. The van der Waals surface area contributed by atoms with E-state index in [1.54, 1.807) is 0 Å². The van der Waals surface area contributed by atoms with E-state index in [0.29, 0.717) is 6.10 Å². The number of nitriles is 1. The largest absolute Gasteiger partial charge is 0.377 e. The molecule has 0 saturated heterocycles. The van der Waals surface area contributed by atoms with Crippen LogP contribution in [0.4, 0.5) is 0 Å². The van der Waals surface area contributed by atoms with E-state index in [-0.39, 0.29) is 5.92 Å². The van der Waals surface area contributed by atoms with Crippen molar-refractivity contribution in [3.63, 3.8) is 0 Å². The highest BCUT2D eigenvalue weighted by atomic mass is 16.5. The first kappa shape index (κ1) is 12.5. The maximum absolute atomic E-state index is 8.57. The smallest absolute Gasteiger partial charge is 0.0666 e. The average molecular weight is 210 g/mol. The average Bonchev–Trinajstić information content (AvgIpc) is 2.29. The maximum Gasteiger partial charge on any atom is 0.0666 e. The van der Waals surface area contributed by atoms with E-state index in [1.165, 1.54) is 32.1 Å². The molecule has 1 saturated carbocycles. The van der Waals surface area contributed by atoms with Crippen molar-refractivity contribution >= 4 is 0 Å². The Morgan fingerprint density at radius 3 is 2.80 bits per heavy atom. The zero-order chi connectivity index (χ0) is 10.9. The zero-order valence-electron chi connectivity index (χ0n) is 9.67. The Labute approximate surface area is 92.8 Å². The van der Waals surface area contributed by atoms with E-state index >= 15 is 0 Å². The second kappa shape index (κ2) is 7.67. The van der Waals surface area contributed by atoms with Crippen LogP contribution >= 0.6 is 0 Å². The first-order chi connectivity index (χ1) is 7.33. The Bertz CT molecular complexity index is 194. The summed E-state index contributed by atoms with van der Waals surface area (Å²) in [6, 6.07) is 2.20. The van der Waals surface area contributed by atoms with Crippen molar-refractivity contribution in [1.82, 2.24) is 5.32 Å². The predicted molar refractivity (Wildman–Crippen MR) is 60.5 cm³/mol. The fraction of sp³-hybridized carbons (Fsp3) is 0.917. The van der Waals surface area contributed by atoms with Crippen LogP contribution in [0.25, 0.3) is 0 Å². The number of hydrogen-bond donors (Lipinski definition) is 1. The molecule has 0 bridgehead atoms. The quantitative estimate of drug-likeness (QED) is 0.683. The van der Waals surface area contributed by atoms with Gasteiger partial charge in [0, 0.05) is 13.1 Å². The van der Waals surface area contributed by atoms with Gasteiger partial charge in [0.05, 0.1) is 24.7 Å². The van der Waals surface area contributed by atoms with Gasteiger partial charge < -0.3 is 10.1 Å². The fourth-order valence-corrected chi connectivity index (χ4v) is 1.89. The van der Waals surface area contributed by atoms with Gasteiger partial charge in [-0.3, -0.25) is 0 Å². The minimum Gasteiger partial charge on any atom is -0.377 e. The Balaban J connectivity index is 1.90. The van der Waals surface area contributed by atoms with Crippen molar-refractivity contribution in [2.24, 2.45) is 5.92 Å². The van der Waals surface area contributed by atoms with Gasteiger partial charge in [-0.2, -0.15) is 5.26 Å². The highest BCUT2D eigenvalue weighted by Crippen LogP contribution is 2.19. The normalized spacial score (nSPS) is 19.7. The first-order valence-electron chi connectivity index (χ1n) is 6.05. The molecule has 0 radical (unpaired) electrons. The number of nitrogens with zero attached hydrogens (tertiary/aromatic N) is 1. The highest BCUT2D eigenvalue weighted by molar-refractivity contribution is 4.79. The summed E-state index contributed by atoms with van der Waals surface area (Å²) in [6.07, 6.45) is 6.97. The summed E-state index contributed by atoms with van der Waals surface area (Å²) in [6.45, 7) is 4.34. The second-order valence-electron chi connectivity index (χ2n) is 4.37. The van der Waals surface area contributed by atoms with Gasteiger partial charge in [-0.1, -0.05) is 19.3 Å². The summed E-state index contributed by atoms with van der Waals surface area (Å²) in [5.74, 6) is 0.0969. The van der Waals surface area contributed by atoms with Gasteiger partial charge in [-0.25, -0.2) is 0 Å². The fourth-order valence-electron chi connectivity index (χ4n) is 1.89. The minimum absolute atomic E-state index is 0.0969. The van der Waals surface area contributed by atoms with Gasteiger partial charge >= 0.3 is 0 Å². The van der Waals surface area contributed by atoms with E-state index in [2.05, 4.69) is 11.4 Å². The molecule has 1 fully saturated rings. The van der Waals surface area contributed by atoms with Crippen LogP contribution in [-0.2, 0) is 4.74 Å². The highest BCUT2D eigenvalue weighted by Gasteiger charge is 2.12. The summed E-state index contributed by atoms with van der Waals surface area (Å²) in [4.78, 5) is 0. The molecule has 15 heavy (non-hydrogen) atoms. The van der Waals surface area contributed by atoms with Crippen LogP contribution in [0, 0.1) is 17.2 Å². The van der Waals surface area contributed by atoms with Crippen molar-refractivity contribution in [2.75, 3.05) is 19.7 Å². The van der Waals surface area contributed by atoms with Gasteiger partial charge in [0.2, 0.25) is 0 Å². The second-order valence-corrected chi connectivity index (χ2v) is 4.37. The molecule has 3 heteroatoms. The molecule has 1 rings (SSSR count). The summed E-state index contributed by atoms with van der Waals surface area (Å²) in [5, 5.41) is 11.8. The van der Waals surface area contributed by atoms with Crippen molar-refractivity contribution < 1.29 is 4.74 Å². The Morgan fingerprint density at radius 2 is 2.13 bits per heavy atom. The lowest BCUT2D eigenvalue weighted by Crippen LogP contribution is -2.27. The molecule has 0 heterocycles. The maximum atomic E-state index is 8.57. The third kappa shape index (κ3) is 5.76. The van der Waals surface area contributed by atoms with Gasteiger partial charge in [-0.05, 0) is 19.8 Å². The van der Waals surface area contributed by atoms with Crippen LogP contribution in [0.5, 0.6) is 0 Å². The molecule has 0 aromatic rings. The molecule has 1 atom stereocenters. The SMILES string of the molecule is CC(C#N)CNCCOC1CCCCC1. The lowest BCUT2D eigenvalue weighted by atomic mass is 9.98. The molecule has 0 aliphatic heterocycles. The Hall–Kier alpha value is -0.590. The molecule has 0 aromatic carbocycles. The van der Waals surface area contributed by atoms with Crippen molar-refractivity contribution in [3.05, 3.63) is 0 Å². The van der Waals surface area contributed by atoms with Crippen molar-refractivity contribution in [1.29, 1.82) is 5.26 Å². The molecule has 0 spiro atoms. The van der Waals surface area contributed by atoms with E-state index in [1.807, 2.05) is 6.92 Å². The number of nitrogens with one attached hydrogen (secondary N) is 1. The zero-order valence-corrected chi connectivity index (χ0v) is 9.67. The van der Waals surface area contributed by atoms with E-state index in [0.717, 1.165) is 19.7 Å². The predicted octanol–water partition coefficient (Wildman–Crippen LogP) is 2.08. The van der Waals surface area contributed by atoms with Gasteiger partial charge in [0.25, 0.3) is 0 Å². The first-order valence-corrected chi connectivity index (χ1v) is 6.05. The molecule has 0 amide bonds. The van der Waals surface area contributed by atoms with Crippen LogP contribution in [0.1, 0.15) is 39.0 Å². The lowest BCUT2D eigenvalue weighted by molar-refractivity contribution is 0.0302. The Kier molecular flexibility index (Phi) is 6.38. The van der Waals surface area contributed by atoms with E-state index in [9.17, 15) is 0 Å². The molecule has 1 N–H and O–H groups in total. The molecule has 0 aromatic heterocycles. The van der Waals surface area contributed by atoms with Crippen LogP contribution in [0.3, 0.4) is 0 Å². The minimum atomic E-state index is 0.0969. The molecule has 3 nitrogen and oxygen atoms in total. The monoisotopic (exact) mass is 210 g/mol. The summed E-state index contributed by atoms with van der Waals surface area (Å²) >= 11 is 0. The van der Waals surface area contributed by atoms with Crippen LogP contribution < -0.4 is 5.32 Å². The summed E-state index contributed by atoms with van der Waals surface area (Å²) < 4.78 is 5.75. The van der Waals surface area contributed by atoms with Crippen LogP contribution in [-0.4, -0.2) is 25.8 Å². The van der Waals surface area contributed by atoms with Crippen LogP contribution in [0.15, 0.2) is 0 Å². The summed E-state index contributed by atoms with van der Waals surface area (Å²) in [7, 11) is 0. The topological polar surface area (TPSA) is 45.0 Å². The van der Waals surface area contributed by atoms with Gasteiger partial charge in [0.15, 0.2) is 0 Å². The third-order valence-corrected chi connectivity index (χ3v) is 2.86. The van der Waals surface area contributed by atoms with Crippen molar-refractivity contribution in [2.45, 2.75) is 45.1 Å². The molecular formula is C12H22N2O. The molecule has 1 aliphatic carbocycles. The summed E-state index contributed by atoms with van der Waals surface area (Å²) in [5.41, 5.74) is 0. The lowest BCUT2D eigenvalue weighted by Gasteiger charge is -2.22. The van der Waals surface area contributed by atoms with Crippen molar-refractivity contribution in [3.8, 4) is 6.07 Å². The standard InChI is InChI=1S/C12H22N2O/c1-11(9-13)10-14-7-8-15-12-5-3-2-4-6-12/h11-12,14H,2-8,10H2,1H3. The molecule has 1 unspecified atom stereocenters.